The van der Waals surface area contributed by atoms with Gasteiger partial charge in [0.1, 0.15) is 23.2 Å². The summed E-state index contributed by atoms with van der Waals surface area (Å²) in [7, 11) is 1.43. The molecule has 6 nitrogen and oxygen atoms in total. The van der Waals surface area contributed by atoms with Gasteiger partial charge in [0, 0.05) is 35.1 Å². The van der Waals surface area contributed by atoms with Crippen LogP contribution in [0.2, 0.25) is 0 Å². The first-order valence-corrected chi connectivity index (χ1v) is 15.1. The minimum atomic E-state index is -1.72. The van der Waals surface area contributed by atoms with Crippen LogP contribution in [0.25, 0.3) is 11.3 Å². The number of halogens is 3. The van der Waals surface area contributed by atoms with E-state index in [1.54, 1.807) is 18.3 Å². The average molecular weight is 751 g/mol. The number of ether oxygens (including phenoxy) is 2. The summed E-state index contributed by atoms with van der Waals surface area (Å²) < 4.78 is 56.9. The Morgan fingerprint density at radius 3 is 1.92 bits per heavy atom. The Morgan fingerprint density at radius 1 is 0.673 bits per heavy atom. The van der Waals surface area contributed by atoms with Gasteiger partial charge in [0.15, 0.2) is 0 Å². The van der Waals surface area contributed by atoms with Crippen molar-refractivity contribution in [1.82, 2.24) is 9.97 Å². The number of rotatable bonds is 9. The summed E-state index contributed by atoms with van der Waals surface area (Å²) in [6, 6.07) is 37.3. The monoisotopic (exact) mass is 750 g/mol. The summed E-state index contributed by atoms with van der Waals surface area (Å²) >= 11 is 0. The number of hydrogen-bond acceptors (Lipinski definition) is 6. The van der Waals surface area contributed by atoms with Crippen molar-refractivity contribution < 1.29 is 43.1 Å². The van der Waals surface area contributed by atoms with Gasteiger partial charge >= 0.3 is 20.4 Å². The molecule has 0 bridgehead atoms. The van der Waals surface area contributed by atoms with E-state index in [2.05, 4.69) is 22.1 Å². The Balaban J connectivity index is 0.00000468. The number of anilines is 5. The standard InChI is InChI=1S/C39H31F3N4O2.Pd/c1-39(2,3)46(35-17-11-12-19-44-35)29-21-28(45(26-13-7-5-8-14-26)27-15-9-6-10-16-27)22-31(23-29)48-34-25-32(36(40)38(42)37(34)41)33-24-30(47-4)18-20-43-33;/h5-22,24H,1-4H3;/q-2;+2. The molecule has 49 heavy (non-hydrogen) atoms. The van der Waals surface area contributed by atoms with E-state index >= 15 is 13.2 Å². The van der Waals surface area contributed by atoms with E-state index in [1.165, 1.54) is 19.4 Å². The van der Waals surface area contributed by atoms with Crippen molar-refractivity contribution in [3.8, 4) is 28.5 Å². The molecule has 6 aromatic rings. The molecular weight excluding hydrogens is 720 g/mol. The number of nitrogens with zero attached hydrogens (tertiary/aromatic N) is 4. The van der Waals surface area contributed by atoms with Gasteiger partial charge in [-0.15, -0.1) is 18.2 Å². The van der Waals surface area contributed by atoms with E-state index in [0.29, 0.717) is 22.9 Å². The van der Waals surface area contributed by atoms with Gasteiger partial charge in [-0.05, 0) is 75.0 Å². The van der Waals surface area contributed by atoms with Crippen LogP contribution >= 0.6 is 0 Å². The van der Waals surface area contributed by atoms with Crippen molar-refractivity contribution in [2.24, 2.45) is 0 Å². The van der Waals surface area contributed by atoms with E-state index in [9.17, 15) is 0 Å². The summed E-state index contributed by atoms with van der Waals surface area (Å²) in [5, 5.41) is 0. The van der Waals surface area contributed by atoms with Crippen molar-refractivity contribution in [2.75, 3.05) is 16.9 Å². The van der Waals surface area contributed by atoms with Gasteiger partial charge in [0.25, 0.3) is 0 Å². The molecule has 0 saturated heterocycles. The molecule has 0 atom stereocenters. The van der Waals surface area contributed by atoms with Gasteiger partial charge in [-0.1, -0.05) is 65.5 Å². The van der Waals surface area contributed by atoms with Gasteiger partial charge < -0.3 is 24.3 Å². The largest absolute Gasteiger partial charge is 2.00 e. The molecule has 2 aromatic heterocycles. The van der Waals surface area contributed by atoms with Gasteiger partial charge in [-0.25, -0.2) is 9.37 Å². The SMILES string of the molecule is COc1ccnc(-c2[c-]c(Oc3[c-]c(N(c4ccccn4)C(C)(C)C)cc(N(c4ccccc4)c4ccccc4)c3)c(F)c(F)c2F)c1.[Pd+2]. The Kier molecular flexibility index (Phi) is 10.7. The van der Waals surface area contributed by atoms with Crippen LogP contribution in [0, 0.1) is 29.6 Å². The van der Waals surface area contributed by atoms with E-state index in [1.807, 2.05) is 116 Å². The molecule has 2 heterocycles. The minimum Gasteiger partial charge on any atom is -0.500 e. The molecule has 0 fully saturated rings. The summed E-state index contributed by atoms with van der Waals surface area (Å²) in [5.41, 5.74) is 1.88. The van der Waals surface area contributed by atoms with Gasteiger partial charge in [-0.3, -0.25) is 8.78 Å². The van der Waals surface area contributed by atoms with Crippen LogP contribution < -0.4 is 19.3 Å². The van der Waals surface area contributed by atoms with Crippen LogP contribution in [0.1, 0.15) is 20.8 Å². The molecule has 0 aliphatic heterocycles. The first-order chi connectivity index (χ1) is 23.1. The van der Waals surface area contributed by atoms with Crippen LogP contribution in [-0.2, 0) is 20.4 Å². The Hall–Kier alpha value is -5.17. The van der Waals surface area contributed by atoms with Gasteiger partial charge in [-0.2, -0.15) is 0 Å². The van der Waals surface area contributed by atoms with Crippen molar-refractivity contribution in [1.29, 1.82) is 0 Å². The van der Waals surface area contributed by atoms with Crippen LogP contribution in [0.15, 0.2) is 116 Å². The second-order valence-corrected chi connectivity index (χ2v) is 11.7. The number of methoxy groups -OCH3 is 1. The second kappa shape index (κ2) is 14.9. The third kappa shape index (κ3) is 7.62. The Labute approximate surface area is 297 Å². The molecule has 0 spiro atoms. The second-order valence-electron chi connectivity index (χ2n) is 11.7. The van der Waals surface area contributed by atoms with Crippen LogP contribution in [0.5, 0.6) is 17.2 Å². The van der Waals surface area contributed by atoms with Crippen molar-refractivity contribution >= 4 is 28.6 Å². The van der Waals surface area contributed by atoms with Crippen LogP contribution in [0.4, 0.5) is 41.7 Å². The maximum atomic E-state index is 15.4. The summed E-state index contributed by atoms with van der Waals surface area (Å²) in [5.74, 6) is -4.38. The summed E-state index contributed by atoms with van der Waals surface area (Å²) in [4.78, 5) is 12.7. The summed E-state index contributed by atoms with van der Waals surface area (Å²) in [6.45, 7) is 6.06. The van der Waals surface area contributed by atoms with E-state index in [-0.39, 0.29) is 31.9 Å². The molecule has 0 aliphatic carbocycles. The van der Waals surface area contributed by atoms with Crippen molar-refractivity contribution in [3.63, 3.8) is 0 Å². The quantitative estimate of drug-likeness (QED) is 0.0833. The minimum absolute atomic E-state index is 0. The first kappa shape index (κ1) is 35.1. The normalized spacial score (nSPS) is 11.0. The Bertz CT molecular complexity index is 1990. The summed E-state index contributed by atoms with van der Waals surface area (Å²) in [6.07, 6.45) is 3.06. The zero-order chi connectivity index (χ0) is 33.8. The Morgan fingerprint density at radius 2 is 1.33 bits per heavy atom. The predicted octanol–water partition coefficient (Wildman–Crippen LogP) is 10.4. The van der Waals surface area contributed by atoms with Gasteiger partial charge in [0.05, 0.1) is 18.7 Å². The molecule has 0 amide bonds. The molecule has 0 unspecified atom stereocenters. The smallest absolute Gasteiger partial charge is 0.500 e. The number of hydrogen-bond donors (Lipinski definition) is 0. The number of pyridine rings is 2. The third-order valence-electron chi connectivity index (χ3n) is 7.37. The van der Waals surface area contributed by atoms with Crippen molar-refractivity contribution in [3.05, 3.63) is 145 Å². The fraction of sp³-hybridized carbons (Fsp3) is 0.128. The maximum Gasteiger partial charge on any atom is 2.00 e. The fourth-order valence-electron chi connectivity index (χ4n) is 5.30. The topological polar surface area (TPSA) is 50.7 Å². The molecule has 0 saturated carbocycles. The van der Waals surface area contributed by atoms with Crippen molar-refractivity contribution in [2.45, 2.75) is 26.3 Å². The molecule has 4 aromatic carbocycles. The fourth-order valence-corrected chi connectivity index (χ4v) is 5.30. The van der Waals surface area contributed by atoms with E-state index in [0.717, 1.165) is 11.4 Å². The predicted molar refractivity (Wildman–Crippen MR) is 181 cm³/mol. The van der Waals surface area contributed by atoms with Gasteiger partial charge in [0.2, 0.25) is 0 Å². The zero-order valence-corrected chi connectivity index (χ0v) is 28.6. The molecule has 0 N–H and O–H groups in total. The molecule has 0 aliphatic rings. The first-order valence-electron chi connectivity index (χ1n) is 15.1. The molecular formula is C39H31F3N4O2Pd. The van der Waals surface area contributed by atoms with E-state index < -0.39 is 34.3 Å². The van der Waals surface area contributed by atoms with Crippen LogP contribution in [-0.4, -0.2) is 22.6 Å². The average Bonchev–Trinajstić information content (AvgIpc) is 3.09. The maximum absolute atomic E-state index is 15.4. The third-order valence-corrected chi connectivity index (χ3v) is 7.37. The number of para-hydroxylation sites is 2. The number of aromatic nitrogens is 2. The van der Waals surface area contributed by atoms with E-state index in [4.69, 9.17) is 9.47 Å². The zero-order valence-electron chi connectivity index (χ0n) is 27.0. The molecule has 10 heteroatoms. The van der Waals surface area contributed by atoms with Crippen LogP contribution in [0.3, 0.4) is 0 Å². The molecule has 250 valence electrons. The molecule has 6 rings (SSSR count). The number of benzene rings is 4. The molecule has 0 radical (unpaired) electrons.